The van der Waals surface area contributed by atoms with Crippen LogP contribution >= 0.6 is 23.2 Å². The van der Waals surface area contributed by atoms with Crippen LogP contribution in [-0.2, 0) is 13.2 Å². The molecule has 0 radical (unpaired) electrons. The second kappa shape index (κ2) is 6.76. The number of hydrogen-bond acceptors (Lipinski definition) is 4. The van der Waals surface area contributed by atoms with E-state index in [1.54, 1.807) is 18.2 Å². The molecule has 0 aromatic heterocycles. The number of nitro benzene ring substituents is 1. The number of nitrogens with zero attached hydrogens (tertiary/aromatic N) is 1. The van der Waals surface area contributed by atoms with Gasteiger partial charge in [0.15, 0.2) is 0 Å². The molecule has 0 atom stereocenters. The van der Waals surface area contributed by atoms with Crippen molar-refractivity contribution in [2.45, 2.75) is 13.2 Å². The molecule has 21 heavy (non-hydrogen) atoms. The lowest BCUT2D eigenvalue weighted by Crippen LogP contribution is -2.04. The van der Waals surface area contributed by atoms with E-state index in [1.165, 1.54) is 18.2 Å². The van der Waals surface area contributed by atoms with E-state index in [0.717, 1.165) is 5.56 Å². The summed E-state index contributed by atoms with van der Waals surface area (Å²) in [6.07, 6.45) is 0. The number of rotatable bonds is 5. The molecule has 0 aliphatic heterocycles. The van der Waals surface area contributed by atoms with Crippen molar-refractivity contribution in [2.24, 2.45) is 5.73 Å². The highest BCUT2D eigenvalue weighted by Crippen LogP contribution is 2.26. The number of halogens is 2. The normalized spacial score (nSPS) is 10.4. The number of nitro groups is 1. The SMILES string of the molecule is NCc1cc([N+](=O)[O-])ccc1OCc1ccc(Cl)cc1Cl. The third kappa shape index (κ3) is 3.85. The maximum atomic E-state index is 10.7. The molecule has 2 N–H and O–H groups in total. The van der Waals surface area contributed by atoms with Crippen molar-refractivity contribution < 1.29 is 9.66 Å². The van der Waals surface area contributed by atoms with E-state index in [0.29, 0.717) is 21.4 Å². The fourth-order valence-electron chi connectivity index (χ4n) is 1.77. The molecule has 0 fully saturated rings. The first kappa shape index (κ1) is 15.6. The van der Waals surface area contributed by atoms with Gasteiger partial charge in [0.2, 0.25) is 0 Å². The van der Waals surface area contributed by atoms with E-state index >= 15 is 0 Å². The van der Waals surface area contributed by atoms with Crippen LogP contribution in [0.25, 0.3) is 0 Å². The maximum absolute atomic E-state index is 10.7. The van der Waals surface area contributed by atoms with Crippen LogP contribution in [0.1, 0.15) is 11.1 Å². The van der Waals surface area contributed by atoms with Crippen LogP contribution in [0.3, 0.4) is 0 Å². The average molecular weight is 327 g/mol. The number of ether oxygens (including phenoxy) is 1. The Balaban J connectivity index is 2.17. The fourth-order valence-corrected chi connectivity index (χ4v) is 2.24. The van der Waals surface area contributed by atoms with Crippen LogP contribution in [0.15, 0.2) is 36.4 Å². The van der Waals surface area contributed by atoms with Crippen LogP contribution in [0.4, 0.5) is 5.69 Å². The van der Waals surface area contributed by atoms with Crippen LogP contribution in [0, 0.1) is 10.1 Å². The van der Waals surface area contributed by atoms with Gasteiger partial charge >= 0.3 is 0 Å². The third-order valence-corrected chi connectivity index (χ3v) is 3.46. The molecule has 2 rings (SSSR count). The van der Waals surface area contributed by atoms with E-state index in [4.69, 9.17) is 33.7 Å². The average Bonchev–Trinajstić information content (AvgIpc) is 2.46. The van der Waals surface area contributed by atoms with Gasteiger partial charge in [-0.1, -0.05) is 29.3 Å². The van der Waals surface area contributed by atoms with Gasteiger partial charge in [0, 0.05) is 39.8 Å². The number of benzene rings is 2. The van der Waals surface area contributed by atoms with Crippen LogP contribution in [0.5, 0.6) is 5.75 Å². The smallest absolute Gasteiger partial charge is 0.270 e. The molecule has 0 unspecified atom stereocenters. The minimum absolute atomic E-state index is 0.0210. The van der Waals surface area contributed by atoms with Gasteiger partial charge in [0.05, 0.1) is 4.92 Å². The van der Waals surface area contributed by atoms with E-state index in [-0.39, 0.29) is 18.8 Å². The number of nitrogens with two attached hydrogens (primary N) is 1. The summed E-state index contributed by atoms with van der Waals surface area (Å²) in [7, 11) is 0. The molecule has 0 saturated heterocycles. The Hall–Kier alpha value is -1.82. The lowest BCUT2D eigenvalue weighted by Gasteiger charge is -2.11. The van der Waals surface area contributed by atoms with Gasteiger partial charge in [-0.05, 0) is 18.2 Å². The largest absolute Gasteiger partial charge is 0.489 e. The molecule has 0 heterocycles. The third-order valence-electron chi connectivity index (χ3n) is 2.87. The van der Waals surface area contributed by atoms with Gasteiger partial charge in [0.1, 0.15) is 12.4 Å². The summed E-state index contributed by atoms with van der Waals surface area (Å²) in [5, 5.41) is 11.8. The number of non-ortho nitro benzene ring substituents is 1. The van der Waals surface area contributed by atoms with Crippen LogP contribution < -0.4 is 10.5 Å². The van der Waals surface area contributed by atoms with Gasteiger partial charge in [-0.2, -0.15) is 0 Å². The van der Waals surface area contributed by atoms with Gasteiger partial charge in [-0.3, -0.25) is 10.1 Å². The summed E-state index contributed by atoms with van der Waals surface area (Å²) < 4.78 is 5.64. The Morgan fingerprint density at radius 3 is 2.52 bits per heavy atom. The zero-order valence-corrected chi connectivity index (χ0v) is 12.4. The summed E-state index contributed by atoms with van der Waals surface area (Å²) in [5.74, 6) is 0.495. The lowest BCUT2D eigenvalue weighted by atomic mass is 10.1. The molecule has 2 aromatic carbocycles. The second-order valence-electron chi connectivity index (χ2n) is 4.28. The summed E-state index contributed by atoms with van der Waals surface area (Å²) in [4.78, 5) is 10.3. The van der Waals surface area contributed by atoms with Crippen molar-refractivity contribution >= 4 is 28.9 Å². The minimum Gasteiger partial charge on any atom is -0.489 e. The minimum atomic E-state index is -0.473. The first-order chi connectivity index (χ1) is 10.0. The van der Waals surface area contributed by atoms with Crippen molar-refractivity contribution in [3.8, 4) is 5.75 Å². The molecule has 0 bridgehead atoms. The Bertz CT molecular complexity index is 677. The maximum Gasteiger partial charge on any atom is 0.270 e. The monoisotopic (exact) mass is 326 g/mol. The molecule has 0 aliphatic rings. The van der Waals surface area contributed by atoms with Crippen molar-refractivity contribution in [2.75, 3.05) is 0 Å². The van der Waals surface area contributed by atoms with E-state index in [1.807, 2.05) is 0 Å². The Kier molecular flexibility index (Phi) is 5.01. The molecule has 0 spiro atoms. The highest BCUT2D eigenvalue weighted by atomic mass is 35.5. The van der Waals surface area contributed by atoms with E-state index in [9.17, 15) is 10.1 Å². The quantitative estimate of drug-likeness (QED) is 0.666. The first-order valence-electron chi connectivity index (χ1n) is 6.05. The Morgan fingerprint density at radius 2 is 1.90 bits per heavy atom. The first-order valence-corrected chi connectivity index (χ1v) is 6.81. The van der Waals surface area contributed by atoms with Crippen molar-refractivity contribution in [1.82, 2.24) is 0 Å². The highest BCUT2D eigenvalue weighted by Gasteiger charge is 2.11. The second-order valence-corrected chi connectivity index (χ2v) is 5.12. The molecule has 7 heteroatoms. The van der Waals surface area contributed by atoms with E-state index in [2.05, 4.69) is 0 Å². The predicted octanol–water partition coefficient (Wildman–Crippen LogP) is 3.94. The molecular weight excluding hydrogens is 315 g/mol. The van der Waals surface area contributed by atoms with E-state index < -0.39 is 4.92 Å². The molecule has 2 aromatic rings. The number of hydrogen-bond donors (Lipinski definition) is 1. The van der Waals surface area contributed by atoms with Gasteiger partial charge < -0.3 is 10.5 Å². The lowest BCUT2D eigenvalue weighted by molar-refractivity contribution is -0.384. The van der Waals surface area contributed by atoms with Crippen molar-refractivity contribution in [3.63, 3.8) is 0 Å². The molecule has 5 nitrogen and oxygen atoms in total. The van der Waals surface area contributed by atoms with Gasteiger partial charge in [0.25, 0.3) is 5.69 Å². The summed E-state index contributed by atoms with van der Waals surface area (Å²) in [6.45, 7) is 0.367. The summed E-state index contributed by atoms with van der Waals surface area (Å²) >= 11 is 11.9. The van der Waals surface area contributed by atoms with Gasteiger partial charge in [-0.15, -0.1) is 0 Å². The Labute approximate surface area is 131 Å². The summed E-state index contributed by atoms with van der Waals surface area (Å²) in [6, 6.07) is 9.41. The van der Waals surface area contributed by atoms with Crippen LogP contribution in [-0.4, -0.2) is 4.92 Å². The van der Waals surface area contributed by atoms with Crippen molar-refractivity contribution in [1.29, 1.82) is 0 Å². The predicted molar refractivity (Wildman–Crippen MR) is 81.8 cm³/mol. The van der Waals surface area contributed by atoms with Crippen molar-refractivity contribution in [3.05, 3.63) is 67.7 Å². The fraction of sp³-hybridized carbons (Fsp3) is 0.143. The zero-order valence-electron chi connectivity index (χ0n) is 10.9. The Morgan fingerprint density at radius 1 is 1.14 bits per heavy atom. The summed E-state index contributed by atoms with van der Waals surface area (Å²) in [5.41, 5.74) is 6.90. The zero-order chi connectivity index (χ0) is 15.4. The molecule has 0 amide bonds. The highest BCUT2D eigenvalue weighted by molar-refractivity contribution is 6.35. The standard InChI is InChI=1S/C14H12Cl2N2O3/c15-11-2-1-9(13(16)6-11)8-21-14-4-3-12(18(19)20)5-10(14)7-17/h1-6H,7-8,17H2. The molecule has 0 aliphatic carbocycles. The van der Waals surface area contributed by atoms with Crippen LogP contribution in [0.2, 0.25) is 10.0 Å². The molecule has 110 valence electrons. The topological polar surface area (TPSA) is 78.4 Å². The molecule has 0 saturated carbocycles. The van der Waals surface area contributed by atoms with Gasteiger partial charge in [-0.25, -0.2) is 0 Å². The molecular formula is C14H12Cl2N2O3.